The summed E-state index contributed by atoms with van der Waals surface area (Å²) in [5.74, 6) is -2.22. The zero-order valence-corrected chi connectivity index (χ0v) is 69.8. The largest absolute Gasteiger partial charge is 0.472 e. The van der Waals surface area contributed by atoms with Crippen LogP contribution in [0.25, 0.3) is 0 Å². The van der Waals surface area contributed by atoms with Gasteiger partial charge >= 0.3 is 39.5 Å². The highest BCUT2D eigenvalue weighted by atomic mass is 31.2. The van der Waals surface area contributed by atoms with Crippen LogP contribution in [0.1, 0.15) is 349 Å². The number of allylic oxidation sites excluding steroid dienone is 22. The highest BCUT2D eigenvalue weighted by Crippen LogP contribution is 2.45. The van der Waals surface area contributed by atoms with E-state index in [-0.39, 0.29) is 25.7 Å². The minimum atomic E-state index is -4.99. The average molecular weight is 1560 g/mol. The first kappa shape index (κ1) is 103. The topological polar surface area (TPSA) is 237 Å². The highest BCUT2D eigenvalue weighted by molar-refractivity contribution is 7.47. The molecule has 0 fully saturated rings. The second-order valence-electron chi connectivity index (χ2n) is 28.0. The van der Waals surface area contributed by atoms with Gasteiger partial charge in [0.25, 0.3) is 0 Å². The van der Waals surface area contributed by atoms with Gasteiger partial charge in [-0.1, -0.05) is 296 Å². The Morgan fingerprint density at radius 2 is 0.481 bits per heavy atom. The Hall–Kier alpha value is -4.80. The van der Waals surface area contributed by atoms with Crippen LogP contribution in [0.2, 0.25) is 0 Å². The number of aliphatic hydroxyl groups is 1. The number of aliphatic hydroxyl groups excluding tert-OH is 1. The molecule has 0 rings (SSSR count). The highest BCUT2D eigenvalue weighted by Gasteiger charge is 2.30. The number of unbranched alkanes of at least 4 members (excludes halogenated alkanes) is 31. The molecule has 0 aromatic rings. The van der Waals surface area contributed by atoms with Crippen molar-refractivity contribution in [2.24, 2.45) is 0 Å². The average Bonchev–Trinajstić information content (AvgIpc) is 0.901. The summed E-state index contributed by atoms with van der Waals surface area (Å²) in [6.45, 7) is 4.59. The number of ether oxygens (including phenoxy) is 4. The summed E-state index contributed by atoms with van der Waals surface area (Å²) in [7, 11) is -9.98. The summed E-state index contributed by atoms with van der Waals surface area (Å²) in [6, 6.07) is 0. The zero-order chi connectivity index (χ0) is 78.9. The van der Waals surface area contributed by atoms with Gasteiger partial charge in [0.15, 0.2) is 12.2 Å². The van der Waals surface area contributed by atoms with E-state index in [1.54, 1.807) is 0 Å². The molecule has 0 aromatic carbocycles. The number of rotatable bonds is 79. The lowest BCUT2D eigenvalue weighted by Gasteiger charge is -2.21. The number of carbonyl (C=O) groups excluding carboxylic acids is 4. The van der Waals surface area contributed by atoms with Crippen molar-refractivity contribution in [3.8, 4) is 0 Å². The van der Waals surface area contributed by atoms with Crippen molar-refractivity contribution in [3.05, 3.63) is 134 Å². The van der Waals surface area contributed by atoms with E-state index >= 15 is 0 Å². The van der Waals surface area contributed by atoms with E-state index in [9.17, 15) is 43.2 Å². The standard InChI is InChI=1S/C89H152O17P2/c1-5-9-13-17-21-25-29-33-37-40-41-44-47-50-54-58-62-66-70-74-87(92)100-79-84(105-88(93)75-71-67-63-59-55-51-45-36-32-28-24-20-16-12-8-4)81-103-107(95,96)101-77-83(90)78-102-108(97,98)104-82-85(106-89(94)76-72-68-64-60-56-52-48-43-39-35-31-27-23-19-15-11-7-3)80-99-86(91)73-69-65-61-57-53-49-46-42-38-34-30-26-22-18-14-10-6-2/h10-11,14-15,21-28,33-39,41,44-45,83-85,90H,5-9,12-13,16-20,29-32,40,42-43,46-82H2,1-4H3,(H,95,96)(H,97,98)/b14-10-,15-11-,25-21-,26-22-,27-23-,28-24-,37-33-,38-34-,39-35-,44-41-,45-36-. The first-order valence-electron chi connectivity index (χ1n) is 42.4. The smallest absolute Gasteiger partial charge is 0.462 e. The van der Waals surface area contributed by atoms with E-state index in [0.29, 0.717) is 25.7 Å². The van der Waals surface area contributed by atoms with Crippen LogP contribution in [0.3, 0.4) is 0 Å². The number of esters is 4. The zero-order valence-electron chi connectivity index (χ0n) is 68.0. The second kappa shape index (κ2) is 80.3. The quantitative estimate of drug-likeness (QED) is 0.0169. The maximum atomic E-state index is 13.1. The molecule has 0 saturated carbocycles. The molecule has 0 aliphatic heterocycles. The maximum absolute atomic E-state index is 13.1. The SMILES string of the molecule is CC/C=C\C/C=C\C/C=C\CCCCCCCCCC(=O)OCC(COP(=O)(O)OCC(O)COP(=O)(O)OCC(COC(=O)CCCCCCCC/C=C\C/C=C\C/C=C\CCCCC)OC(=O)CCCCCCC/C=C\C/C=C\CCCCC)OC(=O)CCCCCCCCC/C=C\C/C=C\C/C=C\CC. The molecule has 108 heavy (non-hydrogen) atoms. The second-order valence-corrected chi connectivity index (χ2v) is 30.9. The van der Waals surface area contributed by atoms with Crippen LogP contribution < -0.4 is 0 Å². The molecule has 0 bridgehead atoms. The fourth-order valence-electron chi connectivity index (χ4n) is 11.2. The van der Waals surface area contributed by atoms with Crippen LogP contribution >= 0.6 is 15.6 Å². The van der Waals surface area contributed by atoms with Gasteiger partial charge in [0.05, 0.1) is 26.4 Å². The van der Waals surface area contributed by atoms with Gasteiger partial charge in [-0.25, -0.2) is 9.13 Å². The summed E-state index contributed by atoms with van der Waals surface area (Å²) in [6.07, 6.45) is 91.2. The predicted octanol–water partition coefficient (Wildman–Crippen LogP) is 25.2. The van der Waals surface area contributed by atoms with Gasteiger partial charge in [-0.3, -0.25) is 37.3 Å². The summed E-state index contributed by atoms with van der Waals surface area (Å²) < 4.78 is 68.8. The van der Waals surface area contributed by atoms with Crippen molar-refractivity contribution >= 4 is 39.5 Å². The molecule has 0 aliphatic rings. The molecule has 0 aliphatic carbocycles. The third-order valence-electron chi connectivity index (χ3n) is 17.6. The molecule has 620 valence electrons. The number of phosphoric ester groups is 2. The van der Waals surface area contributed by atoms with Crippen molar-refractivity contribution in [1.29, 1.82) is 0 Å². The molecule has 0 saturated heterocycles. The molecule has 0 spiro atoms. The molecule has 17 nitrogen and oxygen atoms in total. The van der Waals surface area contributed by atoms with Crippen molar-refractivity contribution in [2.75, 3.05) is 39.6 Å². The summed E-state index contributed by atoms with van der Waals surface area (Å²) in [5, 5.41) is 10.7. The minimum Gasteiger partial charge on any atom is -0.462 e. The van der Waals surface area contributed by atoms with Crippen molar-refractivity contribution in [3.63, 3.8) is 0 Å². The number of phosphoric acid groups is 2. The molecule has 19 heteroatoms. The number of carbonyl (C=O) groups is 4. The molecule has 0 radical (unpaired) electrons. The summed E-state index contributed by atoms with van der Waals surface area (Å²) >= 11 is 0. The van der Waals surface area contributed by atoms with Crippen LogP contribution in [-0.4, -0.2) is 96.7 Å². The molecule has 5 atom stereocenters. The van der Waals surface area contributed by atoms with E-state index in [2.05, 4.69) is 161 Å². The Kier molecular flexibility index (Phi) is 76.7. The molecule has 3 N–H and O–H groups in total. The fourth-order valence-corrected chi connectivity index (χ4v) is 12.7. The van der Waals surface area contributed by atoms with E-state index < -0.39 is 97.5 Å². The Balaban J connectivity index is 5.40. The molecule has 5 unspecified atom stereocenters. The summed E-state index contributed by atoms with van der Waals surface area (Å²) in [5.41, 5.74) is 0. The van der Waals surface area contributed by atoms with Crippen LogP contribution in [0.4, 0.5) is 0 Å². The van der Waals surface area contributed by atoms with E-state index in [1.165, 1.54) is 38.5 Å². The predicted molar refractivity (Wildman–Crippen MR) is 445 cm³/mol. The molecular formula is C89H152O17P2. The van der Waals surface area contributed by atoms with Gasteiger partial charge in [0.1, 0.15) is 19.3 Å². The van der Waals surface area contributed by atoms with Crippen molar-refractivity contribution < 1.29 is 80.2 Å². The first-order chi connectivity index (χ1) is 52.7. The normalized spacial score (nSPS) is 14.5. The maximum Gasteiger partial charge on any atom is 0.472 e. The number of hydrogen-bond donors (Lipinski definition) is 3. The van der Waals surface area contributed by atoms with Gasteiger partial charge < -0.3 is 33.8 Å². The Morgan fingerprint density at radius 3 is 0.741 bits per heavy atom. The molecule has 0 aromatic heterocycles. The van der Waals surface area contributed by atoms with Crippen LogP contribution in [0, 0.1) is 0 Å². The van der Waals surface area contributed by atoms with Crippen molar-refractivity contribution in [1.82, 2.24) is 0 Å². The lowest BCUT2D eigenvalue weighted by Crippen LogP contribution is -2.30. The first-order valence-corrected chi connectivity index (χ1v) is 45.4. The van der Waals surface area contributed by atoms with Gasteiger partial charge in [0.2, 0.25) is 0 Å². The Bertz CT molecular complexity index is 2560. The Morgan fingerprint density at radius 1 is 0.269 bits per heavy atom. The van der Waals surface area contributed by atoms with Gasteiger partial charge in [0, 0.05) is 25.7 Å². The monoisotopic (exact) mass is 1560 g/mol. The summed E-state index contributed by atoms with van der Waals surface area (Å²) in [4.78, 5) is 73.3. The van der Waals surface area contributed by atoms with Gasteiger partial charge in [-0.05, 0) is 161 Å². The third kappa shape index (κ3) is 79.3. The van der Waals surface area contributed by atoms with Crippen molar-refractivity contribution in [2.45, 2.75) is 367 Å². The van der Waals surface area contributed by atoms with E-state index in [4.69, 9.17) is 37.0 Å². The Labute approximate surface area is 656 Å². The van der Waals surface area contributed by atoms with E-state index in [0.717, 1.165) is 231 Å². The van der Waals surface area contributed by atoms with E-state index in [1.807, 2.05) is 0 Å². The van der Waals surface area contributed by atoms with Gasteiger partial charge in [-0.15, -0.1) is 0 Å². The lowest BCUT2D eigenvalue weighted by atomic mass is 10.1. The van der Waals surface area contributed by atoms with Crippen LogP contribution in [0.15, 0.2) is 134 Å². The molecular weight excluding hydrogens is 1400 g/mol. The van der Waals surface area contributed by atoms with Gasteiger partial charge in [-0.2, -0.15) is 0 Å². The number of hydrogen-bond acceptors (Lipinski definition) is 15. The minimum absolute atomic E-state index is 0.0738. The van der Waals surface area contributed by atoms with Crippen LogP contribution in [0.5, 0.6) is 0 Å². The molecule has 0 heterocycles. The third-order valence-corrected chi connectivity index (χ3v) is 19.5. The lowest BCUT2D eigenvalue weighted by molar-refractivity contribution is -0.161. The fraction of sp³-hybridized carbons (Fsp3) is 0.708. The van der Waals surface area contributed by atoms with Crippen LogP contribution in [-0.2, 0) is 65.4 Å². The molecule has 0 amide bonds.